The zero-order chi connectivity index (χ0) is 9.10. The molecule has 1 atom stereocenters. The van der Waals surface area contributed by atoms with Gasteiger partial charge in [0, 0.05) is 18.4 Å². The third-order valence-corrected chi connectivity index (χ3v) is 2.86. The predicted molar refractivity (Wildman–Crippen MR) is 53.5 cm³/mol. The van der Waals surface area contributed by atoms with Crippen molar-refractivity contribution < 1.29 is 0 Å². The van der Waals surface area contributed by atoms with Crippen LogP contribution in [0.3, 0.4) is 0 Å². The molecule has 1 fully saturated rings. The van der Waals surface area contributed by atoms with E-state index in [2.05, 4.69) is 29.1 Å². The Balaban J connectivity index is 2.15. The van der Waals surface area contributed by atoms with Crippen LogP contribution in [0.15, 0.2) is 24.5 Å². The Labute approximate surface area is 79.6 Å². The smallest absolute Gasteiger partial charge is 0.0346 e. The van der Waals surface area contributed by atoms with Crippen molar-refractivity contribution in [2.24, 2.45) is 0 Å². The van der Waals surface area contributed by atoms with Crippen LogP contribution in [0.25, 0.3) is 0 Å². The lowest BCUT2D eigenvalue weighted by Gasteiger charge is -2.32. The normalized spacial score (nSPS) is 24.5. The summed E-state index contributed by atoms with van der Waals surface area (Å²) in [5.74, 6) is 0. The molecule has 13 heavy (non-hydrogen) atoms. The van der Waals surface area contributed by atoms with Crippen LogP contribution >= 0.6 is 0 Å². The van der Waals surface area contributed by atoms with Crippen molar-refractivity contribution >= 4 is 0 Å². The van der Waals surface area contributed by atoms with Crippen molar-refractivity contribution in [1.29, 1.82) is 0 Å². The molecule has 0 radical (unpaired) electrons. The lowest BCUT2D eigenvalue weighted by Crippen LogP contribution is -2.29. The van der Waals surface area contributed by atoms with Crippen LogP contribution < -0.4 is 0 Å². The van der Waals surface area contributed by atoms with Gasteiger partial charge in [0.15, 0.2) is 0 Å². The van der Waals surface area contributed by atoms with Crippen LogP contribution in [-0.2, 0) is 0 Å². The van der Waals surface area contributed by atoms with E-state index in [1.54, 1.807) is 0 Å². The fourth-order valence-electron chi connectivity index (χ4n) is 2.08. The number of hydrogen-bond donors (Lipinski definition) is 0. The zero-order valence-electron chi connectivity index (χ0n) is 8.11. The van der Waals surface area contributed by atoms with Crippen LogP contribution in [0.1, 0.15) is 30.9 Å². The van der Waals surface area contributed by atoms with E-state index in [0.29, 0.717) is 6.04 Å². The van der Waals surface area contributed by atoms with E-state index in [1.165, 1.54) is 31.4 Å². The largest absolute Gasteiger partial charge is 0.299 e. The van der Waals surface area contributed by atoms with Gasteiger partial charge in [-0.3, -0.25) is 9.88 Å². The van der Waals surface area contributed by atoms with Crippen molar-refractivity contribution in [2.45, 2.75) is 25.3 Å². The van der Waals surface area contributed by atoms with E-state index in [9.17, 15) is 0 Å². The molecule has 0 aliphatic carbocycles. The van der Waals surface area contributed by atoms with Gasteiger partial charge in [-0.15, -0.1) is 0 Å². The molecule has 1 aliphatic rings. The summed E-state index contributed by atoms with van der Waals surface area (Å²) >= 11 is 0. The van der Waals surface area contributed by atoms with Crippen molar-refractivity contribution in [3.63, 3.8) is 0 Å². The number of hydrogen-bond acceptors (Lipinski definition) is 2. The Kier molecular flexibility index (Phi) is 2.60. The molecule has 2 heterocycles. The maximum Gasteiger partial charge on any atom is 0.0346 e. The molecule has 0 amide bonds. The Hall–Kier alpha value is -0.890. The second-order valence-electron chi connectivity index (χ2n) is 3.77. The number of rotatable bonds is 1. The highest BCUT2D eigenvalue weighted by Gasteiger charge is 2.19. The molecule has 0 saturated carbocycles. The summed E-state index contributed by atoms with van der Waals surface area (Å²) in [5.41, 5.74) is 1.41. The standard InChI is InChI=1S/C11H16N2/c1-13-9-3-2-4-11(13)10-5-7-12-8-6-10/h5-8,11H,2-4,9H2,1H3. The molecule has 70 valence electrons. The minimum absolute atomic E-state index is 0.622. The van der Waals surface area contributed by atoms with Crippen LogP contribution in [0.5, 0.6) is 0 Å². The Morgan fingerprint density at radius 3 is 2.77 bits per heavy atom. The molecule has 1 aromatic heterocycles. The summed E-state index contributed by atoms with van der Waals surface area (Å²) in [7, 11) is 2.21. The first-order chi connectivity index (χ1) is 6.38. The first kappa shape index (κ1) is 8.70. The highest BCUT2D eigenvalue weighted by Crippen LogP contribution is 2.28. The Morgan fingerprint density at radius 2 is 2.08 bits per heavy atom. The lowest BCUT2D eigenvalue weighted by atomic mass is 9.97. The Bertz CT molecular complexity index is 258. The molecule has 0 N–H and O–H groups in total. The summed E-state index contributed by atoms with van der Waals surface area (Å²) in [6, 6.07) is 4.88. The summed E-state index contributed by atoms with van der Waals surface area (Å²) in [5, 5.41) is 0. The summed E-state index contributed by atoms with van der Waals surface area (Å²) < 4.78 is 0. The van der Waals surface area contributed by atoms with E-state index in [0.717, 1.165) is 0 Å². The summed E-state index contributed by atoms with van der Waals surface area (Å²) in [6.45, 7) is 1.23. The molecule has 1 aliphatic heterocycles. The molecule has 0 aromatic carbocycles. The van der Waals surface area contributed by atoms with E-state index in [1.807, 2.05) is 12.4 Å². The van der Waals surface area contributed by atoms with Gasteiger partial charge in [-0.1, -0.05) is 6.42 Å². The minimum Gasteiger partial charge on any atom is -0.299 e. The maximum atomic E-state index is 4.05. The number of likely N-dealkylation sites (tertiary alicyclic amines) is 1. The molecule has 2 rings (SSSR count). The topological polar surface area (TPSA) is 16.1 Å². The quantitative estimate of drug-likeness (QED) is 0.652. The van der Waals surface area contributed by atoms with Crippen molar-refractivity contribution in [2.75, 3.05) is 13.6 Å². The highest BCUT2D eigenvalue weighted by atomic mass is 15.1. The van der Waals surface area contributed by atoms with E-state index in [4.69, 9.17) is 0 Å². The van der Waals surface area contributed by atoms with Gasteiger partial charge in [0.1, 0.15) is 0 Å². The maximum absolute atomic E-state index is 4.05. The first-order valence-corrected chi connectivity index (χ1v) is 4.98. The van der Waals surface area contributed by atoms with Crippen LogP contribution in [0.2, 0.25) is 0 Å². The number of nitrogens with zero attached hydrogens (tertiary/aromatic N) is 2. The zero-order valence-corrected chi connectivity index (χ0v) is 8.11. The third kappa shape index (κ3) is 1.89. The fourth-order valence-corrected chi connectivity index (χ4v) is 2.08. The summed E-state index contributed by atoms with van der Waals surface area (Å²) in [6.07, 6.45) is 7.77. The molecule has 0 bridgehead atoms. The van der Waals surface area contributed by atoms with E-state index < -0.39 is 0 Å². The number of aromatic nitrogens is 1. The lowest BCUT2D eigenvalue weighted by molar-refractivity contribution is 0.187. The third-order valence-electron chi connectivity index (χ3n) is 2.86. The molecular weight excluding hydrogens is 160 g/mol. The van der Waals surface area contributed by atoms with Crippen LogP contribution in [0, 0.1) is 0 Å². The molecule has 2 nitrogen and oxygen atoms in total. The minimum atomic E-state index is 0.622. The molecule has 1 unspecified atom stereocenters. The number of pyridine rings is 1. The fraction of sp³-hybridized carbons (Fsp3) is 0.545. The van der Waals surface area contributed by atoms with Crippen LogP contribution in [0.4, 0.5) is 0 Å². The SMILES string of the molecule is CN1CCCCC1c1ccncc1. The average Bonchev–Trinajstić information content (AvgIpc) is 2.20. The molecule has 0 spiro atoms. The highest BCUT2D eigenvalue weighted by molar-refractivity contribution is 5.15. The first-order valence-electron chi connectivity index (χ1n) is 4.98. The van der Waals surface area contributed by atoms with E-state index in [-0.39, 0.29) is 0 Å². The second kappa shape index (κ2) is 3.88. The van der Waals surface area contributed by atoms with Gasteiger partial charge in [-0.05, 0) is 44.1 Å². The van der Waals surface area contributed by atoms with Gasteiger partial charge in [0.2, 0.25) is 0 Å². The number of piperidine rings is 1. The van der Waals surface area contributed by atoms with Gasteiger partial charge in [0.25, 0.3) is 0 Å². The predicted octanol–water partition coefficient (Wildman–Crippen LogP) is 2.24. The molecular formula is C11H16N2. The van der Waals surface area contributed by atoms with E-state index >= 15 is 0 Å². The summed E-state index contributed by atoms with van der Waals surface area (Å²) in [4.78, 5) is 6.49. The van der Waals surface area contributed by atoms with Crippen molar-refractivity contribution in [3.8, 4) is 0 Å². The monoisotopic (exact) mass is 176 g/mol. The molecule has 1 aromatic rings. The average molecular weight is 176 g/mol. The van der Waals surface area contributed by atoms with Gasteiger partial charge in [-0.25, -0.2) is 0 Å². The van der Waals surface area contributed by atoms with Gasteiger partial charge < -0.3 is 0 Å². The molecule has 2 heteroatoms. The van der Waals surface area contributed by atoms with Gasteiger partial charge in [-0.2, -0.15) is 0 Å². The Morgan fingerprint density at radius 1 is 1.31 bits per heavy atom. The second-order valence-corrected chi connectivity index (χ2v) is 3.77. The van der Waals surface area contributed by atoms with Crippen molar-refractivity contribution in [1.82, 2.24) is 9.88 Å². The van der Waals surface area contributed by atoms with Gasteiger partial charge in [0.05, 0.1) is 0 Å². The van der Waals surface area contributed by atoms with Crippen molar-refractivity contribution in [3.05, 3.63) is 30.1 Å². The molecule has 1 saturated heterocycles. The van der Waals surface area contributed by atoms with Crippen LogP contribution in [-0.4, -0.2) is 23.5 Å². The van der Waals surface area contributed by atoms with Gasteiger partial charge >= 0.3 is 0 Å².